The van der Waals surface area contributed by atoms with Crippen LogP contribution in [0.2, 0.25) is 0 Å². The van der Waals surface area contributed by atoms with E-state index in [0.29, 0.717) is 6.61 Å². The number of likely N-dealkylation sites (tertiary alicyclic amines) is 1. The van der Waals surface area contributed by atoms with Crippen LogP contribution in [-0.2, 0) is 4.74 Å². The summed E-state index contributed by atoms with van der Waals surface area (Å²) in [4.78, 5) is 6.89. The van der Waals surface area contributed by atoms with Crippen molar-refractivity contribution < 1.29 is 9.47 Å². The molecule has 26 heavy (non-hydrogen) atoms. The lowest BCUT2D eigenvalue weighted by Gasteiger charge is -2.35. The van der Waals surface area contributed by atoms with E-state index in [2.05, 4.69) is 32.7 Å². The molecule has 6 nitrogen and oxygen atoms in total. The molecule has 1 aromatic carbocycles. The number of methoxy groups -OCH3 is 1. The average Bonchev–Trinajstić information content (AvgIpc) is 2.70. The van der Waals surface area contributed by atoms with Gasteiger partial charge in [0.15, 0.2) is 5.96 Å². The van der Waals surface area contributed by atoms with Gasteiger partial charge in [0.05, 0.1) is 19.8 Å². The molecule has 1 fully saturated rings. The topological polar surface area (TPSA) is 58.1 Å². The SMILES string of the molecule is CCOCCNC(=NC)NCC(c1ccccc1OC)N1CCCCC1. The van der Waals surface area contributed by atoms with Crippen LogP contribution < -0.4 is 15.4 Å². The van der Waals surface area contributed by atoms with Crippen LogP contribution in [0.1, 0.15) is 37.8 Å². The standard InChI is InChI=1S/C20H34N4O2/c1-4-26-15-12-22-20(21-2)23-16-18(24-13-8-5-9-14-24)17-10-6-7-11-19(17)25-3/h6-7,10-11,18H,4-5,8-9,12-16H2,1-3H3,(H2,21,22,23). The van der Waals surface area contributed by atoms with Crippen LogP contribution in [0.5, 0.6) is 5.75 Å². The Labute approximate surface area is 158 Å². The third-order valence-corrected chi connectivity index (χ3v) is 4.76. The third-order valence-electron chi connectivity index (χ3n) is 4.76. The number of ether oxygens (including phenoxy) is 2. The van der Waals surface area contributed by atoms with E-state index in [4.69, 9.17) is 9.47 Å². The highest BCUT2D eigenvalue weighted by Gasteiger charge is 2.25. The summed E-state index contributed by atoms with van der Waals surface area (Å²) in [5.41, 5.74) is 1.23. The van der Waals surface area contributed by atoms with Gasteiger partial charge in [0.2, 0.25) is 0 Å². The Kier molecular flexibility index (Phi) is 9.28. The fourth-order valence-corrected chi connectivity index (χ4v) is 3.41. The maximum absolute atomic E-state index is 5.63. The maximum atomic E-state index is 5.63. The Morgan fingerprint density at radius 1 is 1.19 bits per heavy atom. The van der Waals surface area contributed by atoms with E-state index >= 15 is 0 Å². The van der Waals surface area contributed by atoms with E-state index in [9.17, 15) is 0 Å². The van der Waals surface area contributed by atoms with E-state index in [-0.39, 0.29) is 6.04 Å². The van der Waals surface area contributed by atoms with Gasteiger partial charge in [-0.2, -0.15) is 0 Å². The molecular weight excluding hydrogens is 328 g/mol. The van der Waals surface area contributed by atoms with E-state index in [1.54, 1.807) is 14.2 Å². The number of piperidine rings is 1. The fourth-order valence-electron chi connectivity index (χ4n) is 3.41. The first-order valence-corrected chi connectivity index (χ1v) is 9.69. The molecule has 1 saturated heterocycles. The minimum Gasteiger partial charge on any atom is -0.496 e. The van der Waals surface area contributed by atoms with Gasteiger partial charge in [-0.25, -0.2) is 0 Å². The van der Waals surface area contributed by atoms with Crippen molar-refractivity contribution in [3.63, 3.8) is 0 Å². The van der Waals surface area contributed by atoms with Gasteiger partial charge in [-0.3, -0.25) is 9.89 Å². The third kappa shape index (κ3) is 6.18. The number of para-hydroxylation sites is 1. The molecule has 2 N–H and O–H groups in total. The van der Waals surface area contributed by atoms with E-state index < -0.39 is 0 Å². The minimum absolute atomic E-state index is 0.261. The summed E-state index contributed by atoms with van der Waals surface area (Å²) < 4.78 is 11.0. The van der Waals surface area contributed by atoms with Crippen LogP contribution >= 0.6 is 0 Å². The molecule has 0 aromatic heterocycles. The van der Waals surface area contributed by atoms with Gasteiger partial charge in [0.25, 0.3) is 0 Å². The highest BCUT2D eigenvalue weighted by molar-refractivity contribution is 5.79. The molecule has 1 aromatic rings. The van der Waals surface area contributed by atoms with Crippen molar-refractivity contribution in [1.82, 2.24) is 15.5 Å². The second-order valence-electron chi connectivity index (χ2n) is 6.43. The molecule has 6 heteroatoms. The van der Waals surface area contributed by atoms with Gasteiger partial charge >= 0.3 is 0 Å². The summed E-state index contributed by atoms with van der Waals surface area (Å²) in [6.07, 6.45) is 3.84. The first-order chi connectivity index (χ1) is 12.8. The average molecular weight is 363 g/mol. The Morgan fingerprint density at radius 3 is 2.65 bits per heavy atom. The predicted octanol–water partition coefficient (Wildman–Crippen LogP) is 2.42. The summed E-state index contributed by atoms with van der Waals surface area (Å²) >= 11 is 0. The summed E-state index contributed by atoms with van der Waals surface area (Å²) in [7, 11) is 3.54. The first kappa shape index (κ1) is 20.5. The molecule has 0 spiro atoms. The number of hydrogen-bond donors (Lipinski definition) is 2. The summed E-state index contributed by atoms with van der Waals surface area (Å²) in [5.74, 6) is 1.76. The molecular formula is C20H34N4O2. The first-order valence-electron chi connectivity index (χ1n) is 9.69. The van der Waals surface area contributed by atoms with Crippen molar-refractivity contribution in [2.24, 2.45) is 4.99 Å². The van der Waals surface area contributed by atoms with Gasteiger partial charge in [0, 0.05) is 32.3 Å². The molecule has 1 aliphatic rings. The Bertz CT molecular complexity index is 544. The molecule has 0 aliphatic carbocycles. The van der Waals surface area contributed by atoms with Crippen LogP contribution in [0.4, 0.5) is 0 Å². The highest BCUT2D eigenvalue weighted by Crippen LogP contribution is 2.30. The molecule has 146 valence electrons. The zero-order valence-electron chi connectivity index (χ0n) is 16.5. The van der Waals surface area contributed by atoms with Crippen LogP contribution in [-0.4, -0.2) is 64.4 Å². The molecule has 1 aliphatic heterocycles. The number of nitrogens with one attached hydrogen (secondary N) is 2. The summed E-state index contributed by atoms with van der Waals surface area (Å²) in [5, 5.41) is 6.79. The molecule has 1 atom stereocenters. The van der Waals surface area contributed by atoms with E-state index in [1.165, 1.54) is 24.8 Å². The lowest BCUT2D eigenvalue weighted by molar-refractivity contribution is 0.152. The van der Waals surface area contributed by atoms with Crippen molar-refractivity contribution in [3.05, 3.63) is 29.8 Å². The quantitative estimate of drug-likeness (QED) is 0.401. The van der Waals surface area contributed by atoms with Crippen molar-refractivity contribution in [1.29, 1.82) is 0 Å². The lowest BCUT2D eigenvalue weighted by atomic mass is 10.0. The number of hydrogen-bond acceptors (Lipinski definition) is 4. The highest BCUT2D eigenvalue weighted by atomic mass is 16.5. The van der Waals surface area contributed by atoms with E-state index in [0.717, 1.165) is 44.5 Å². The van der Waals surface area contributed by atoms with Gasteiger partial charge < -0.3 is 20.1 Å². The van der Waals surface area contributed by atoms with E-state index in [1.807, 2.05) is 19.1 Å². The Morgan fingerprint density at radius 2 is 1.96 bits per heavy atom. The van der Waals surface area contributed by atoms with Crippen LogP contribution in [0, 0.1) is 0 Å². The number of aliphatic imine (C=N–C) groups is 1. The van der Waals surface area contributed by atoms with Crippen molar-refractivity contribution >= 4 is 5.96 Å². The van der Waals surface area contributed by atoms with Gasteiger partial charge in [-0.1, -0.05) is 24.6 Å². The number of benzene rings is 1. The fraction of sp³-hybridized carbons (Fsp3) is 0.650. The zero-order chi connectivity index (χ0) is 18.6. The molecule has 0 amide bonds. The molecule has 2 rings (SSSR count). The monoisotopic (exact) mass is 362 g/mol. The Hall–Kier alpha value is -1.79. The lowest BCUT2D eigenvalue weighted by Crippen LogP contribution is -2.45. The number of guanidine groups is 1. The molecule has 1 unspecified atom stereocenters. The van der Waals surface area contributed by atoms with Gasteiger partial charge in [0.1, 0.15) is 5.75 Å². The maximum Gasteiger partial charge on any atom is 0.191 e. The van der Waals surface area contributed by atoms with Gasteiger partial charge in [-0.05, 0) is 38.9 Å². The Balaban J connectivity index is 2.04. The van der Waals surface area contributed by atoms with Gasteiger partial charge in [-0.15, -0.1) is 0 Å². The van der Waals surface area contributed by atoms with Crippen molar-refractivity contribution in [2.75, 3.05) is 53.6 Å². The molecule has 0 bridgehead atoms. The van der Waals surface area contributed by atoms with Crippen LogP contribution in [0.3, 0.4) is 0 Å². The second kappa shape index (κ2) is 11.8. The molecule has 0 radical (unpaired) electrons. The predicted molar refractivity (Wildman–Crippen MR) is 107 cm³/mol. The molecule has 0 saturated carbocycles. The smallest absolute Gasteiger partial charge is 0.191 e. The number of rotatable bonds is 9. The zero-order valence-corrected chi connectivity index (χ0v) is 16.5. The summed E-state index contributed by atoms with van der Waals surface area (Å²) in [6.45, 7) is 7.20. The summed E-state index contributed by atoms with van der Waals surface area (Å²) in [6, 6.07) is 8.59. The van der Waals surface area contributed by atoms with Crippen LogP contribution in [0.15, 0.2) is 29.3 Å². The van der Waals surface area contributed by atoms with Crippen LogP contribution in [0.25, 0.3) is 0 Å². The number of nitrogens with zero attached hydrogens (tertiary/aromatic N) is 2. The normalized spacial score (nSPS) is 17.0. The minimum atomic E-state index is 0.261. The molecule has 1 heterocycles. The van der Waals surface area contributed by atoms with Crippen molar-refractivity contribution in [2.45, 2.75) is 32.2 Å². The van der Waals surface area contributed by atoms with Crippen molar-refractivity contribution in [3.8, 4) is 5.75 Å². The largest absolute Gasteiger partial charge is 0.496 e. The second-order valence-corrected chi connectivity index (χ2v) is 6.43.